The summed E-state index contributed by atoms with van der Waals surface area (Å²) in [6.45, 7) is 2.50. The Morgan fingerprint density at radius 2 is 1.97 bits per heavy atom. The third kappa shape index (κ3) is 4.24. The van der Waals surface area contributed by atoms with Gasteiger partial charge in [-0.3, -0.25) is 19.3 Å². The van der Waals surface area contributed by atoms with Gasteiger partial charge in [0.05, 0.1) is 39.5 Å². The molecule has 0 atom stereocenters. The van der Waals surface area contributed by atoms with E-state index in [1.807, 2.05) is 24.4 Å². The number of amides is 3. The number of furan rings is 1. The molecule has 7 nitrogen and oxygen atoms in total. The van der Waals surface area contributed by atoms with Crippen LogP contribution in [0.25, 0.3) is 10.6 Å². The minimum absolute atomic E-state index is 0.0597. The summed E-state index contributed by atoms with van der Waals surface area (Å²) in [6.07, 6.45) is 2.19. The molecule has 4 heterocycles. The van der Waals surface area contributed by atoms with Crippen LogP contribution in [0.1, 0.15) is 46.7 Å². The van der Waals surface area contributed by atoms with Gasteiger partial charge in [0.2, 0.25) is 0 Å². The first kappa shape index (κ1) is 21.3. The third-order valence-corrected chi connectivity index (χ3v) is 7.26. The van der Waals surface area contributed by atoms with Crippen molar-refractivity contribution in [2.75, 3.05) is 6.54 Å². The van der Waals surface area contributed by atoms with E-state index in [2.05, 4.69) is 10.3 Å². The number of aryl methyl sites for hydroxylation is 1. The maximum absolute atomic E-state index is 12.8. The fraction of sp³-hybridized carbons (Fsp3) is 0.167. The number of benzene rings is 1. The van der Waals surface area contributed by atoms with Gasteiger partial charge in [-0.2, -0.15) is 0 Å². The molecular formula is C24H19N3O4S2. The molecule has 1 aliphatic heterocycles. The number of carbonyl (C=O) groups excluding carboxylic acids is 3. The van der Waals surface area contributed by atoms with Gasteiger partial charge in [-0.15, -0.1) is 22.7 Å². The number of rotatable bonds is 7. The molecular weight excluding hydrogens is 458 g/mol. The third-order valence-electron chi connectivity index (χ3n) is 5.32. The molecule has 4 aromatic rings. The van der Waals surface area contributed by atoms with Crippen LogP contribution >= 0.6 is 22.7 Å². The molecule has 0 aliphatic carbocycles. The number of nitrogens with one attached hydrogen (secondary N) is 1. The Bertz CT molecular complexity index is 1350. The van der Waals surface area contributed by atoms with Crippen molar-refractivity contribution < 1.29 is 18.8 Å². The second-order valence-electron chi connectivity index (χ2n) is 7.56. The van der Waals surface area contributed by atoms with Gasteiger partial charge in [-0.25, -0.2) is 4.98 Å². The lowest BCUT2D eigenvalue weighted by atomic mass is 10.1. The molecule has 0 unspecified atom stereocenters. The van der Waals surface area contributed by atoms with E-state index in [1.54, 1.807) is 40.9 Å². The van der Waals surface area contributed by atoms with E-state index in [4.69, 9.17) is 4.42 Å². The Hall–Kier alpha value is -3.56. The van der Waals surface area contributed by atoms with E-state index in [9.17, 15) is 14.4 Å². The van der Waals surface area contributed by atoms with Crippen LogP contribution in [0.2, 0.25) is 0 Å². The molecule has 1 aliphatic rings. The number of imide groups is 1. The first-order chi connectivity index (χ1) is 16.0. The van der Waals surface area contributed by atoms with Crippen LogP contribution in [0.3, 0.4) is 0 Å². The van der Waals surface area contributed by atoms with Crippen molar-refractivity contribution in [3.8, 4) is 10.6 Å². The SMILES string of the molecule is Cc1nc(-c2ccc(CCNC(=O)c3ccc4c(c3)C(=O)N(Cc3ccco3)C4=O)s2)cs1. The number of thiophene rings is 1. The minimum Gasteiger partial charge on any atom is -0.467 e. The Labute approximate surface area is 197 Å². The highest BCUT2D eigenvalue weighted by atomic mass is 32.1. The molecule has 0 radical (unpaired) electrons. The van der Waals surface area contributed by atoms with Crippen LogP contribution in [0, 0.1) is 6.92 Å². The van der Waals surface area contributed by atoms with E-state index in [1.165, 1.54) is 18.4 Å². The molecule has 3 aromatic heterocycles. The number of carbonyl (C=O) groups is 3. The largest absolute Gasteiger partial charge is 0.467 e. The van der Waals surface area contributed by atoms with Crippen LogP contribution in [0.4, 0.5) is 0 Å². The van der Waals surface area contributed by atoms with Gasteiger partial charge < -0.3 is 9.73 Å². The van der Waals surface area contributed by atoms with Crippen molar-refractivity contribution in [2.45, 2.75) is 19.9 Å². The van der Waals surface area contributed by atoms with E-state index in [0.29, 0.717) is 29.9 Å². The maximum Gasteiger partial charge on any atom is 0.261 e. The average Bonchev–Trinajstić information content (AvgIpc) is 3.60. The van der Waals surface area contributed by atoms with Gasteiger partial charge in [0.15, 0.2) is 0 Å². The zero-order valence-electron chi connectivity index (χ0n) is 17.7. The second kappa shape index (κ2) is 8.76. The summed E-state index contributed by atoms with van der Waals surface area (Å²) in [5.41, 5.74) is 1.86. The fourth-order valence-electron chi connectivity index (χ4n) is 3.66. The van der Waals surface area contributed by atoms with Crippen LogP contribution in [0.15, 0.2) is 58.5 Å². The minimum atomic E-state index is -0.426. The van der Waals surface area contributed by atoms with Gasteiger partial charge in [0, 0.05) is 22.4 Å². The van der Waals surface area contributed by atoms with Crippen LogP contribution in [0.5, 0.6) is 0 Å². The van der Waals surface area contributed by atoms with Crippen molar-refractivity contribution in [1.82, 2.24) is 15.2 Å². The molecule has 0 saturated carbocycles. The van der Waals surface area contributed by atoms with Gasteiger partial charge in [-0.1, -0.05) is 0 Å². The topological polar surface area (TPSA) is 92.5 Å². The number of hydrogen-bond donors (Lipinski definition) is 1. The normalized spacial score (nSPS) is 12.9. The van der Waals surface area contributed by atoms with E-state index < -0.39 is 5.91 Å². The maximum atomic E-state index is 12.8. The standard InChI is InChI=1S/C24H19N3O4S2/c1-14-26-20(13-32-14)21-7-5-17(33-21)8-9-25-22(28)15-4-6-18-19(11-15)24(30)27(23(18)29)12-16-3-2-10-31-16/h2-7,10-11,13H,8-9,12H2,1H3,(H,25,28). The van der Waals surface area contributed by atoms with Crippen LogP contribution < -0.4 is 5.32 Å². The van der Waals surface area contributed by atoms with Gasteiger partial charge in [0.1, 0.15) is 5.76 Å². The quantitative estimate of drug-likeness (QED) is 0.395. The highest BCUT2D eigenvalue weighted by Gasteiger charge is 2.36. The summed E-state index contributed by atoms with van der Waals surface area (Å²) < 4.78 is 5.25. The smallest absolute Gasteiger partial charge is 0.261 e. The van der Waals surface area contributed by atoms with Gasteiger partial charge >= 0.3 is 0 Å². The first-order valence-electron chi connectivity index (χ1n) is 10.3. The summed E-state index contributed by atoms with van der Waals surface area (Å²) in [7, 11) is 0. The van der Waals surface area contributed by atoms with Crippen molar-refractivity contribution >= 4 is 40.4 Å². The fourth-order valence-corrected chi connectivity index (χ4v) is 5.32. The molecule has 0 spiro atoms. The Morgan fingerprint density at radius 1 is 1.12 bits per heavy atom. The number of nitrogens with zero attached hydrogens (tertiary/aromatic N) is 2. The lowest BCUT2D eigenvalue weighted by molar-refractivity contribution is 0.0631. The highest BCUT2D eigenvalue weighted by Crippen LogP contribution is 2.29. The van der Waals surface area contributed by atoms with Crippen LogP contribution in [-0.2, 0) is 13.0 Å². The Morgan fingerprint density at radius 3 is 2.73 bits per heavy atom. The molecule has 5 rings (SSSR count). The summed E-state index contributed by atoms with van der Waals surface area (Å²) in [6, 6.07) is 12.1. The predicted octanol–water partition coefficient (Wildman–Crippen LogP) is 4.54. The van der Waals surface area contributed by atoms with Crippen molar-refractivity contribution in [1.29, 1.82) is 0 Å². The summed E-state index contributed by atoms with van der Waals surface area (Å²) in [5.74, 6) is -0.579. The molecule has 0 fully saturated rings. The summed E-state index contributed by atoms with van der Waals surface area (Å²) >= 11 is 3.29. The Kier molecular flexibility index (Phi) is 5.65. The summed E-state index contributed by atoms with van der Waals surface area (Å²) in [5, 5.41) is 5.97. The van der Waals surface area contributed by atoms with E-state index in [0.717, 1.165) is 25.4 Å². The molecule has 1 N–H and O–H groups in total. The molecule has 166 valence electrons. The van der Waals surface area contributed by atoms with Gasteiger partial charge in [-0.05, 0) is 55.8 Å². The highest BCUT2D eigenvalue weighted by molar-refractivity contribution is 7.16. The van der Waals surface area contributed by atoms with Crippen LogP contribution in [-0.4, -0.2) is 34.2 Å². The number of thiazole rings is 1. The van der Waals surface area contributed by atoms with E-state index >= 15 is 0 Å². The zero-order valence-corrected chi connectivity index (χ0v) is 19.3. The average molecular weight is 478 g/mol. The molecule has 1 aromatic carbocycles. The summed E-state index contributed by atoms with van der Waals surface area (Å²) in [4.78, 5) is 45.9. The second-order valence-corrected chi connectivity index (χ2v) is 9.79. The molecule has 0 bridgehead atoms. The predicted molar refractivity (Wildman–Crippen MR) is 126 cm³/mol. The van der Waals surface area contributed by atoms with Crippen molar-refractivity contribution in [3.05, 3.63) is 86.4 Å². The molecule has 33 heavy (non-hydrogen) atoms. The van der Waals surface area contributed by atoms with Crippen molar-refractivity contribution in [3.63, 3.8) is 0 Å². The Balaban J connectivity index is 1.21. The van der Waals surface area contributed by atoms with Crippen molar-refractivity contribution in [2.24, 2.45) is 0 Å². The number of hydrogen-bond acceptors (Lipinski definition) is 7. The zero-order chi connectivity index (χ0) is 22.9. The molecule has 9 heteroatoms. The molecule has 3 amide bonds. The molecule has 0 saturated heterocycles. The lowest BCUT2D eigenvalue weighted by Crippen LogP contribution is -2.28. The van der Waals surface area contributed by atoms with E-state index in [-0.39, 0.29) is 23.9 Å². The number of aromatic nitrogens is 1. The first-order valence-corrected chi connectivity index (χ1v) is 12.0. The van der Waals surface area contributed by atoms with Gasteiger partial charge in [0.25, 0.3) is 17.7 Å². The monoisotopic (exact) mass is 477 g/mol. The lowest BCUT2D eigenvalue weighted by Gasteiger charge is -2.11. The number of fused-ring (bicyclic) bond motifs is 1.